The third kappa shape index (κ3) is 11.3. The Morgan fingerprint density at radius 1 is 0.917 bits per heavy atom. The summed E-state index contributed by atoms with van der Waals surface area (Å²) in [5.41, 5.74) is 11.9. The van der Waals surface area contributed by atoms with Crippen molar-refractivity contribution in [2.24, 2.45) is 17.4 Å². The number of carbonyl (C=O) groups is 4. The minimum Gasteiger partial charge on any atom is -0.508 e. The number of carboxylic acids is 1. The van der Waals surface area contributed by atoms with E-state index in [-0.39, 0.29) is 30.3 Å². The molecule has 0 bridgehead atoms. The molecule has 4 unspecified atom stereocenters. The van der Waals surface area contributed by atoms with Crippen LogP contribution in [0.3, 0.4) is 0 Å². The highest BCUT2D eigenvalue weighted by molar-refractivity contribution is 7.80. The lowest BCUT2D eigenvalue weighted by molar-refractivity contribution is -0.142. The van der Waals surface area contributed by atoms with E-state index >= 15 is 0 Å². The first-order valence-electron chi connectivity index (χ1n) is 12.0. The standard InChI is InChI=1S/C24H39N5O6S/c1-14(2)11-18(22(32)28-19(24(34)35)12-15-6-8-16(30)9-7-15)27-23(33)20(13-36)29-21(31)17(26)5-3-4-10-25/h6-9,14,17-20,30,36H,3-5,10-13,25-26H2,1-2H3,(H,27,33)(H,28,32)(H,29,31)(H,34,35). The van der Waals surface area contributed by atoms with Crippen molar-refractivity contribution in [3.05, 3.63) is 29.8 Å². The van der Waals surface area contributed by atoms with Gasteiger partial charge >= 0.3 is 5.97 Å². The first-order valence-corrected chi connectivity index (χ1v) is 12.6. The molecule has 1 aromatic carbocycles. The second-order valence-electron chi connectivity index (χ2n) is 9.10. The molecular weight excluding hydrogens is 486 g/mol. The van der Waals surface area contributed by atoms with Crippen LogP contribution in [0.5, 0.6) is 5.75 Å². The number of carboxylic acid groups (broad SMARTS) is 1. The van der Waals surface area contributed by atoms with Gasteiger partial charge in [0.1, 0.15) is 23.9 Å². The molecule has 0 heterocycles. The molecule has 0 radical (unpaired) electrons. The maximum atomic E-state index is 13.0. The Hall–Kier alpha value is -2.83. The first-order chi connectivity index (χ1) is 17.0. The topological polar surface area (TPSA) is 197 Å². The van der Waals surface area contributed by atoms with E-state index in [1.807, 2.05) is 13.8 Å². The molecule has 0 spiro atoms. The molecule has 0 aliphatic carbocycles. The number of aliphatic carboxylic acids is 1. The lowest BCUT2D eigenvalue weighted by atomic mass is 10.0. The smallest absolute Gasteiger partial charge is 0.326 e. The Labute approximate surface area is 217 Å². The molecule has 11 nitrogen and oxygen atoms in total. The number of aromatic hydroxyl groups is 1. The summed E-state index contributed by atoms with van der Waals surface area (Å²) in [7, 11) is 0. The Kier molecular flexibility index (Phi) is 13.9. The van der Waals surface area contributed by atoms with Gasteiger partial charge in [-0.2, -0.15) is 12.6 Å². The number of hydrogen-bond acceptors (Lipinski definition) is 8. The minimum atomic E-state index is -1.25. The summed E-state index contributed by atoms with van der Waals surface area (Å²) in [6.45, 7) is 4.21. The lowest BCUT2D eigenvalue weighted by Gasteiger charge is -2.25. The summed E-state index contributed by atoms with van der Waals surface area (Å²) < 4.78 is 0. The summed E-state index contributed by atoms with van der Waals surface area (Å²) in [5.74, 6) is -3.02. The number of nitrogens with one attached hydrogen (secondary N) is 3. The average Bonchev–Trinajstić information content (AvgIpc) is 2.82. The van der Waals surface area contributed by atoms with Crippen molar-refractivity contribution in [2.75, 3.05) is 12.3 Å². The average molecular weight is 526 g/mol. The third-order valence-corrected chi connectivity index (χ3v) is 5.82. The van der Waals surface area contributed by atoms with Crippen molar-refractivity contribution in [3.63, 3.8) is 0 Å². The van der Waals surface area contributed by atoms with Crippen molar-refractivity contribution in [3.8, 4) is 5.75 Å². The Balaban J connectivity index is 2.86. The zero-order chi connectivity index (χ0) is 27.3. The van der Waals surface area contributed by atoms with Crippen LogP contribution in [0.2, 0.25) is 0 Å². The Morgan fingerprint density at radius 3 is 2.00 bits per heavy atom. The van der Waals surface area contributed by atoms with E-state index in [1.54, 1.807) is 12.1 Å². The van der Waals surface area contributed by atoms with Crippen LogP contribution in [0.15, 0.2) is 24.3 Å². The highest BCUT2D eigenvalue weighted by Crippen LogP contribution is 2.12. The molecule has 0 aliphatic rings. The monoisotopic (exact) mass is 525 g/mol. The van der Waals surface area contributed by atoms with Gasteiger partial charge in [0.25, 0.3) is 0 Å². The van der Waals surface area contributed by atoms with E-state index in [4.69, 9.17) is 11.5 Å². The van der Waals surface area contributed by atoms with Crippen LogP contribution in [0.1, 0.15) is 45.1 Å². The largest absolute Gasteiger partial charge is 0.508 e. The second-order valence-corrected chi connectivity index (χ2v) is 9.46. The van der Waals surface area contributed by atoms with Crippen molar-refractivity contribution in [1.29, 1.82) is 0 Å². The van der Waals surface area contributed by atoms with Crippen LogP contribution in [0, 0.1) is 5.92 Å². The van der Waals surface area contributed by atoms with Crippen LogP contribution < -0.4 is 27.4 Å². The lowest BCUT2D eigenvalue weighted by Crippen LogP contribution is -2.58. The van der Waals surface area contributed by atoms with Gasteiger partial charge in [0.2, 0.25) is 17.7 Å². The summed E-state index contributed by atoms with van der Waals surface area (Å²) in [6, 6.07) is 1.85. The van der Waals surface area contributed by atoms with E-state index in [9.17, 15) is 29.4 Å². The van der Waals surface area contributed by atoms with Crippen molar-refractivity contribution in [2.45, 2.75) is 70.1 Å². The third-order valence-electron chi connectivity index (χ3n) is 5.45. The number of hydrogen-bond donors (Lipinski definition) is 8. The fraction of sp³-hybridized carbons (Fsp3) is 0.583. The molecule has 0 saturated carbocycles. The van der Waals surface area contributed by atoms with E-state index in [1.165, 1.54) is 12.1 Å². The molecule has 202 valence electrons. The predicted molar refractivity (Wildman–Crippen MR) is 139 cm³/mol. The molecular formula is C24H39N5O6S. The number of amides is 3. The summed E-state index contributed by atoms with van der Waals surface area (Å²) >= 11 is 4.14. The van der Waals surface area contributed by atoms with Crippen LogP contribution in [-0.2, 0) is 25.6 Å². The molecule has 9 N–H and O–H groups in total. The van der Waals surface area contributed by atoms with Gasteiger partial charge in [0.15, 0.2) is 0 Å². The summed E-state index contributed by atoms with van der Waals surface area (Å²) in [6.07, 6.45) is 2.05. The molecule has 1 rings (SSSR count). The molecule has 12 heteroatoms. The van der Waals surface area contributed by atoms with E-state index in [0.29, 0.717) is 24.9 Å². The number of phenolic OH excluding ortho intramolecular Hbond substituents is 1. The molecule has 1 aromatic rings. The SMILES string of the molecule is CC(C)CC(NC(=O)C(CS)NC(=O)C(N)CCCCN)C(=O)NC(Cc1ccc(O)cc1)C(=O)O. The first kappa shape index (κ1) is 31.2. The van der Waals surface area contributed by atoms with E-state index in [0.717, 1.165) is 6.42 Å². The fourth-order valence-electron chi connectivity index (χ4n) is 3.43. The normalized spacial score (nSPS) is 14.4. The quantitative estimate of drug-likeness (QED) is 0.108. The fourth-order valence-corrected chi connectivity index (χ4v) is 3.69. The van der Waals surface area contributed by atoms with Crippen molar-refractivity contribution >= 4 is 36.3 Å². The maximum Gasteiger partial charge on any atom is 0.326 e. The molecule has 36 heavy (non-hydrogen) atoms. The molecule has 0 aromatic heterocycles. The number of rotatable bonds is 16. The van der Waals surface area contributed by atoms with Crippen molar-refractivity contribution < 1.29 is 29.4 Å². The maximum absolute atomic E-state index is 13.0. The van der Waals surface area contributed by atoms with Gasteiger partial charge < -0.3 is 37.6 Å². The molecule has 0 saturated heterocycles. The van der Waals surface area contributed by atoms with Gasteiger partial charge in [-0.1, -0.05) is 32.4 Å². The molecule has 4 atom stereocenters. The molecule has 0 aliphatic heterocycles. The number of unbranched alkanes of at least 4 members (excludes halogenated alkanes) is 1. The van der Waals surface area contributed by atoms with Crippen LogP contribution >= 0.6 is 12.6 Å². The second kappa shape index (κ2) is 16.0. The minimum absolute atomic E-state index is 0.00133. The highest BCUT2D eigenvalue weighted by Gasteiger charge is 2.30. The van der Waals surface area contributed by atoms with Gasteiger partial charge in [-0.3, -0.25) is 14.4 Å². The Morgan fingerprint density at radius 2 is 1.47 bits per heavy atom. The van der Waals surface area contributed by atoms with E-state index in [2.05, 4.69) is 28.6 Å². The summed E-state index contributed by atoms with van der Waals surface area (Å²) in [5, 5.41) is 26.7. The zero-order valence-corrected chi connectivity index (χ0v) is 21.7. The number of benzene rings is 1. The molecule has 3 amide bonds. The number of nitrogens with two attached hydrogens (primary N) is 2. The van der Waals surface area contributed by atoms with Crippen LogP contribution in [0.4, 0.5) is 0 Å². The highest BCUT2D eigenvalue weighted by atomic mass is 32.1. The van der Waals surface area contributed by atoms with Gasteiger partial charge in [0.05, 0.1) is 6.04 Å². The van der Waals surface area contributed by atoms with Gasteiger partial charge in [-0.15, -0.1) is 0 Å². The predicted octanol–water partition coefficient (Wildman–Crippen LogP) is -0.0941. The van der Waals surface area contributed by atoms with Crippen molar-refractivity contribution in [1.82, 2.24) is 16.0 Å². The van der Waals surface area contributed by atoms with Gasteiger partial charge in [0, 0.05) is 12.2 Å². The number of carbonyl (C=O) groups excluding carboxylic acids is 3. The Bertz CT molecular complexity index is 867. The van der Waals surface area contributed by atoms with E-state index < -0.39 is 47.9 Å². The number of phenols is 1. The van der Waals surface area contributed by atoms with Gasteiger partial charge in [-0.25, -0.2) is 4.79 Å². The summed E-state index contributed by atoms with van der Waals surface area (Å²) in [4.78, 5) is 50.0. The van der Waals surface area contributed by atoms with Crippen LogP contribution in [0.25, 0.3) is 0 Å². The molecule has 0 fully saturated rings. The van der Waals surface area contributed by atoms with Crippen LogP contribution in [-0.4, -0.2) is 70.4 Å². The number of thiol groups is 1. The van der Waals surface area contributed by atoms with Gasteiger partial charge in [-0.05, 0) is 49.4 Å². The zero-order valence-electron chi connectivity index (χ0n) is 20.8.